The average Bonchev–Trinajstić information content (AvgIpc) is 3.58. The van der Waals surface area contributed by atoms with Crippen molar-refractivity contribution in [2.75, 3.05) is 49.1 Å². The topological polar surface area (TPSA) is 6.48 Å². The lowest BCUT2D eigenvalue weighted by molar-refractivity contribution is -0.923. The van der Waals surface area contributed by atoms with E-state index in [0.29, 0.717) is 5.37 Å². The molecule has 2 aliphatic heterocycles. The third kappa shape index (κ3) is 10.7. The van der Waals surface area contributed by atoms with Gasteiger partial charge < -0.3 is 14.3 Å². The highest BCUT2D eigenvalue weighted by Crippen LogP contribution is 2.48. The zero-order valence-corrected chi connectivity index (χ0v) is 32.8. The third-order valence-electron chi connectivity index (χ3n) is 11.3. The molecule has 2 aromatic carbocycles. The van der Waals surface area contributed by atoms with E-state index in [9.17, 15) is 0 Å². The first kappa shape index (κ1) is 39.1. The number of hydrogen-bond acceptors (Lipinski definition) is 3. The highest BCUT2D eigenvalue weighted by atomic mass is 32.2. The summed E-state index contributed by atoms with van der Waals surface area (Å²) >= 11 is 1.98. The molecule has 0 saturated carbocycles. The van der Waals surface area contributed by atoms with Crippen LogP contribution in [-0.4, -0.2) is 49.1 Å². The molecule has 0 fully saturated rings. The van der Waals surface area contributed by atoms with Crippen molar-refractivity contribution >= 4 is 23.1 Å². The van der Waals surface area contributed by atoms with Crippen LogP contribution in [0.4, 0.5) is 11.4 Å². The summed E-state index contributed by atoms with van der Waals surface area (Å²) in [5, 5.41) is 0.345. The first-order chi connectivity index (χ1) is 23.9. The molecule has 2 heterocycles. The molecule has 1 unspecified atom stereocenters. The largest absolute Gasteiger partial charge is 0.355 e. The van der Waals surface area contributed by atoms with Crippen LogP contribution in [0.3, 0.4) is 0 Å². The predicted octanol–water partition coefficient (Wildman–Crippen LogP) is 12.5. The number of rotatable bonds is 22. The van der Waals surface area contributed by atoms with Crippen LogP contribution in [0.5, 0.6) is 0 Å². The highest BCUT2D eigenvalue weighted by molar-refractivity contribution is 8.00. The molecule has 3 nitrogen and oxygen atoms in total. The van der Waals surface area contributed by atoms with E-state index in [4.69, 9.17) is 0 Å². The van der Waals surface area contributed by atoms with Crippen molar-refractivity contribution in [3.8, 4) is 0 Å². The SMILES string of the molecule is CCCCCCCCCCCCN1C(=CC=CC=CC=CC2Sc3ccccc3N2CCC[N+](CC)(CC)CC)C(C)(C)c2ccccc21. The molecule has 0 spiro atoms. The zero-order valence-electron chi connectivity index (χ0n) is 32.0. The molecular weight excluding hydrogens is 615 g/mol. The van der Waals surface area contributed by atoms with Gasteiger partial charge in [-0.05, 0) is 57.0 Å². The van der Waals surface area contributed by atoms with Crippen LogP contribution < -0.4 is 9.80 Å². The Morgan fingerprint density at radius 2 is 1.24 bits per heavy atom. The lowest BCUT2D eigenvalue weighted by Crippen LogP contribution is -2.49. The van der Waals surface area contributed by atoms with E-state index in [2.05, 4.69) is 142 Å². The number of hydrogen-bond donors (Lipinski definition) is 0. The van der Waals surface area contributed by atoms with Gasteiger partial charge in [0.1, 0.15) is 0 Å². The summed E-state index contributed by atoms with van der Waals surface area (Å²) in [5.74, 6) is 0. The monoisotopic (exact) mass is 683 g/mol. The number of anilines is 2. The summed E-state index contributed by atoms with van der Waals surface area (Å²) in [6.07, 6.45) is 30.7. The molecule has 2 aliphatic rings. The van der Waals surface area contributed by atoms with Gasteiger partial charge in [-0.2, -0.15) is 0 Å². The molecule has 0 radical (unpaired) electrons. The van der Waals surface area contributed by atoms with Crippen LogP contribution in [0.25, 0.3) is 0 Å². The molecule has 0 amide bonds. The van der Waals surface area contributed by atoms with Gasteiger partial charge in [0.2, 0.25) is 0 Å². The molecule has 4 heteroatoms. The van der Waals surface area contributed by atoms with Gasteiger partial charge in [-0.15, -0.1) is 0 Å². The number of unbranched alkanes of at least 4 members (excludes halogenated alkanes) is 9. The van der Waals surface area contributed by atoms with E-state index in [1.165, 1.54) is 129 Å². The van der Waals surface area contributed by atoms with E-state index >= 15 is 0 Å². The van der Waals surface area contributed by atoms with Gasteiger partial charge >= 0.3 is 0 Å². The van der Waals surface area contributed by atoms with Gasteiger partial charge in [0.05, 0.1) is 37.2 Å². The maximum Gasteiger partial charge on any atom is 0.0985 e. The van der Waals surface area contributed by atoms with Gasteiger partial charge in [-0.25, -0.2) is 0 Å². The Balaban J connectivity index is 1.32. The maximum atomic E-state index is 2.61. The zero-order chi connectivity index (χ0) is 35.0. The van der Waals surface area contributed by atoms with E-state index in [-0.39, 0.29) is 5.41 Å². The van der Waals surface area contributed by atoms with Crippen LogP contribution in [0, 0.1) is 0 Å². The van der Waals surface area contributed by atoms with Crippen molar-refractivity contribution in [2.24, 2.45) is 0 Å². The molecule has 4 rings (SSSR count). The Morgan fingerprint density at radius 3 is 1.94 bits per heavy atom. The first-order valence-electron chi connectivity index (χ1n) is 19.9. The van der Waals surface area contributed by atoms with Gasteiger partial charge in [0.15, 0.2) is 0 Å². The van der Waals surface area contributed by atoms with Crippen LogP contribution in [0.2, 0.25) is 0 Å². The van der Waals surface area contributed by atoms with Gasteiger partial charge in [-0.3, -0.25) is 0 Å². The van der Waals surface area contributed by atoms with Gasteiger partial charge in [0.25, 0.3) is 0 Å². The Kier molecular flexibility index (Phi) is 16.1. The Bertz CT molecular complexity index is 1370. The van der Waals surface area contributed by atoms with Crippen molar-refractivity contribution < 1.29 is 4.48 Å². The average molecular weight is 683 g/mol. The Morgan fingerprint density at radius 1 is 0.653 bits per heavy atom. The summed E-state index contributed by atoms with van der Waals surface area (Å²) < 4.78 is 1.22. The minimum absolute atomic E-state index is 0.00509. The fourth-order valence-electron chi connectivity index (χ4n) is 7.87. The summed E-state index contributed by atoms with van der Waals surface area (Å²) in [6.45, 7) is 21.2. The molecule has 268 valence electrons. The number of allylic oxidation sites excluding steroid dienone is 7. The molecule has 0 saturated heterocycles. The Labute approximate surface area is 305 Å². The lowest BCUT2D eigenvalue weighted by Gasteiger charge is -2.36. The second kappa shape index (κ2) is 20.2. The fourth-order valence-corrected chi connectivity index (χ4v) is 9.11. The van der Waals surface area contributed by atoms with Crippen molar-refractivity contribution in [2.45, 2.75) is 128 Å². The molecule has 0 N–H and O–H groups in total. The number of nitrogens with zero attached hydrogens (tertiary/aromatic N) is 3. The maximum absolute atomic E-state index is 2.61. The second-order valence-electron chi connectivity index (χ2n) is 14.7. The quantitative estimate of drug-likeness (QED) is 0.0693. The fraction of sp³-hybridized carbons (Fsp3) is 0.556. The van der Waals surface area contributed by atoms with E-state index in [1.807, 2.05) is 11.8 Å². The lowest BCUT2D eigenvalue weighted by atomic mass is 9.84. The molecule has 0 bridgehead atoms. The van der Waals surface area contributed by atoms with Crippen LogP contribution in [0.1, 0.15) is 118 Å². The van der Waals surface area contributed by atoms with E-state index in [0.717, 1.165) is 13.1 Å². The molecule has 1 atom stereocenters. The second-order valence-corrected chi connectivity index (χ2v) is 15.9. The molecule has 2 aromatic rings. The molecule has 0 aromatic heterocycles. The minimum Gasteiger partial charge on any atom is -0.355 e. The molecule has 49 heavy (non-hydrogen) atoms. The molecule has 0 aliphatic carbocycles. The third-order valence-corrected chi connectivity index (χ3v) is 12.5. The number of quaternary nitrogens is 1. The van der Waals surface area contributed by atoms with Crippen LogP contribution >= 0.6 is 11.8 Å². The number of para-hydroxylation sites is 2. The highest BCUT2D eigenvalue weighted by Gasteiger charge is 2.39. The number of thioether (sulfide) groups is 1. The van der Waals surface area contributed by atoms with Gasteiger partial charge in [0, 0.05) is 41.2 Å². The predicted molar refractivity (Wildman–Crippen MR) is 219 cm³/mol. The minimum atomic E-state index is 0.00509. The number of fused-ring (bicyclic) bond motifs is 2. The smallest absolute Gasteiger partial charge is 0.0985 e. The summed E-state index contributed by atoms with van der Waals surface area (Å²) in [7, 11) is 0. The van der Waals surface area contributed by atoms with Crippen molar-refractivity contribution in [1.29, 1.82) is 0 Å². The summed E-state index contributed by atoms with van der Waals surface area (Å²) in [6, 6.07) is 18.0. The van der Waals surface area contributed by atoms with Crippen LogP contribution in [-0.2, 0) is 5.41 Å². The number of benzene rings is 2. The van der Waals surface area contributed by atoms with E-state index < -0.39 is 0 Å². The van der Waals surface area contributed by atoms with E-state index in [1.54, 1.807) is 0 Å². The molecular formula is C45H68N3S+. The summed E-state index contributed by atoms with van der Waals surface area (Å²) in [5.41, 5.74) is 5.65. The normalized spacial score (nSPS) is 18.2. The Hall–Kier alpha value is -2.69. The van der Waals surface area contributed by atoms with Crippen LogP contribution in [0.15, 0.2) is 102 Å². The summed E-state index contributed by atoms with van der Waals surface area (Å²) in [4.78, 5) is 6.61. The standard InChI is InChI=1S/C45H68N3S/c1-7-11-12-13-14-15-16-17-21-28-36-46-40-31-25-24-30-39(40)45(5,6)43(46)34-22-19-18-20-23-35-44-47(41-32-26-27-33-42(41)49-44)37-29-38-48(8-2,9-3)10-4/h18-20,22-27,30-35,44H,7-17,21,28-29,36-38H2,1-6H3/q+1. The van der Waals surface area contributed by atoms with Crippen molar-refractivity contribution in [1.82, 2.24) is 0 Å². The first-order valence-corrected chi connectivity index (χ1v) is 20.8. The van der Waals surface area contributed by atoms with Crippen molar-refractivity contribution in [3.05, 3.63) is 102 Å². The van der Waals surface area contributed by atoms with Crippen molar-refractivity contribution in [3.63, 3.8) is 0 Å². The van der Waals surface area contributed by atoms with Gasteiger partial charge in [-0.1, -0.05) is 157 Å².